The number of methoxy groups -OCH3 is 1. The quantitative estimate of drug-likeness (QED) is 0.250. The van der Waals surface area contributed by atoms with Gasteiger partial charge in [-0.1, -0.05) is 12.5 Å². The highest BCUT2D eigenvalue weighted by molar-refractivity contribution is 5.91. The summed E-state index contributed by atoms with van der Waals surface area (Å²) in [7, 11) is 1.71. The Hall–Kier alpha value is -2.66. The fraction of sp³-hybridized carbons (Fsp3) is 0.364. The number of aryl methyl sites for hydroxylation is 1. The second-order valence-corrected chi connectivity index (χ2v) is 6.31. The highest BCUT2D eigenvalue weighted by atomic mass is 16.5. The van der Waals surface area contributed by atoms with Gasteiger partial charge in [-0.15, -0.1) is 0 Å². The zero-order valence-corrected chi connectivity index (χ0v) is 15.9. The van der Waals surface area contributed by atoms with Crippen LogP contribution < -0.4 is 9.47 Å². The molecule has 0 atom stereocenters. The number of hydrogen-bond donors (Lipinski definition) is 0. The molecule has 2 rings (SSSR count). The third-order valence-electron chi connectivity index (χ3n) is 4.19. The Morgan fingerprint density at radius 1 is 0.926 bits per heavy atom. The molecule has 27 heavy (non-hydrogen) atoms. The molecule has 0 fully saturated rings. The van der Waals surface area contributed by atoms with E-state index in [9.17, 15) is 9.59 Å². The summed E-state index contributed by atoms with van der Waals surface area (Å²) >= 11 is 0. The van der Waals surface area contributed by atoms with Gasteiger partial charge in [-0.05, 0) is 68.1 Å². The summed E-state index contributed by atoms with van der Waals surface area (Å²) in [4.78, 5) is 23.2. The van der Waals surface area contributed by atoms with Crippen molar-refractivity contribution in [3.05, 3.63) is 59.2 Å². The number of aldehydes is 1. The van der Waals surface area contributed by atoms with Crippen LogP contribution in [0.3, 0.4) is 0 Å². The molecule has 0 bridgehead atoms. The Kier molecular flexibility index (Phi) is 8.52. The van der Waals surface area contributed by atoms with Crippen LogP contribution in [-0.4, -0.2) is 32.6 Å². The SMILES string of the molecule is COCCCCCCOc1ccc(C(=O)Oc2ccc(C)c(C=O)c2)cc1. The molecule has 0 aliphatic carbocycles. The molecule has 0 saturated carbocycles. The molecule has 144 valence electrons. The van der Waals surface area contributed by atoms with Crippen LogP contribution in [0.1, 0.15) is 52.0 Å². The smallest absolute Gasteiger partial charge is 0.343 e. The molecule has 5 nitrogen and oxygen atoms in total. The molecule has 0 heterocycles. The van der Waals surface area contributed by atoms with Crippen molar-refractivity contribution in [3.8, 4) is 11.5 Å². The number of hydrogen-bond acceptors (Lipinski definition) is 5. The van der Waals surface area contributed by atoms with Gasteiger partial charge in [-0.25, -0.2) is 4.79 Å². The van der Waals surface area contributed by atoms with Crippen molar-refractivity contribution in [2.75, 3.05) is 20.3 Å². The van der Waals surface area contributed by atoms with Gasteiger partial charge in [0.15, 0.2) is 0 Å². The van der Waals surface area contributed by atoms with Gasteiger partial charge in [0.05, 0.1) is 12.2 Å². The van der Waals surface area contributed by atoms with Gasteiger partial charge in [-0.3, -0.25) is 4.79 Å². The highest BCUT2D eigenvalue weighted by Crippen LogP contribution is 2.19. The van der Waals surface area contributed by atoms with E-state index in [1.807, 2.05) is 6.92 Å². The van der Waals surface area contributed by atoms with Crippen LogP contribution in [0.15, 0.2) is 42.5 Å². The van der Waals surface area contributed by atoms with Crippen LogP contribution in [0.5, 0.6) is 11.5 Å². The number of rotatable bonds is 11. The van der Waals surface area contributed by atoms with Gasteiger partial charge in [0, 0.05) is 19.3 Å². The van der Waals surface area contributed by atoms with Crippen molar-refractivity contribution < 1.29 is 23.8 Å². The number of esters is 1. The predicted molar refractivity (Wildman–Crippen MR) is 104 cm³/mol. The number of benzene rings is 2. The van der Waals surface area contributed by atoms with E-state index in [1.54, 1.807) is 49.6 Å². The maximum atomic E-state index is 12.2. The first-order valence-corrected chi connectivity index (χ1v) is 9.14. The van der Waals surface area contributed by atoms with E-state index in [2.05, 4.69) is 0 Å². The molecule has 0 saturated heterocycles. The first-order chi connectivity index (χ1) is 13.1. The molecular weight excluding hydrogens is 344 g/mol. The molecule has 0 unspecified atom stereocenters. The second-order valence-electron chi connectivity index (χ2n) is 6.31. The molecule has 0 aromatic heterocycles. The van der Waals surface area contributed by atoms with Crippen molar-refractivity contribution in [2.45, 2.75) is 32.6 Å². The van der Waals surface area contributed by atoms with E-state index in [0.29, 0.717) is 23.5 Å². The normalized spacial score (nSPS) is 10.4. The molecule has 0 N–H and O–H groups in total. The standard InChI is InChI=1S/C22H26O5/c1-17-7-10-21(15-19(17)16-23)27-22(24)18-8-11-20(12-9-18)26-14-6-4-3-5-13-25-2/h7-12,15-16H,3-6,13-14H2,1-2H3. The Bertz CT molecular complexity index is 737. The van der Waals surface area contributed by atoms with Crippen molar-refractivity contribution in [2.24, 2.45) is 0 Å². The molecule has 2 aromatic rings. The van der Waals surface area contributed by atoms with Gasteiger partial charge in [-0.2, -0.15) is 0 Å². The number of ether oxygens (including phenoxy) is 3. The fourth-order valence-electron chi connectivity index (χ4n) is 2.55. The Morgan fingerprint density at radius 3 is 2.26 bits per heavy atom. The maximum Gasteiger partial charge on any atom is 0.343 e. The van der Waals surface area contributed by atoms with Gasteiger partial charge >= 0.3 is 5.97 Å². The predicted octanol–water partition coefficient (Wildman–Crippen LogP) is 4.61. The number of carbonyl (C=O) groups excluding carboxylic acids is 2. The lowest BCUT2D eigenvalue weighted by Gasteiger charge is -2.08. The van der Waals surface area contributed by atoms with Crippen LogP contribution in [0.4, 0.5) is 0 Å². The van der Waals surface area contributed by atoms with Gasteiger partial charge in [0.1, 0.15) is 17.8 Å². The van der Waals surface area contributed by atoms with Crippen molar-refractivity contribution >= 4 is 12.3 Å². The molecule has 0 aliphatic rings. The monoisotopic (exact) mass is 370 g/mol. The van der Waals surface area contributed by atoms with Crippen molar-refractivity contribution in [3.63, 3.8) is 0 Å². The molecule has 2 aromatic carbocycles. The second kappa shape index (κ2) is 11.1. The number of carbonyl (C=O) groups is 2. The van der Waals surface area contributed by atoms with Crippen LogP contribution in [0.25, 0.3) is 0 Å². The highest BCUT2D eigenvalue weighted by Gasteiger charge is 2.10. The summed E-state index contributed by atoms with van der Waals surface area (Å²) in [6, 6.07) is 11.8. The summed E-state index contributed by atoms with van der Waals surface area (Å²) in [5, 5.41) is 0. The minimum absolute atomic E-state index is 0.349. The van der Waals surface area contributed by atoms with E-state index in [-0.39, 0.29) is 0 Å². The first-order valence-electron chi connectivity index (χ1n) is 9.14. The van der Waals surface area contributed by atoms with E-state index in [4.69, 9.17) is 14.2 Å². The van der Waals surface area contributed by atoms with E-state index in [1.165, 1.54) is 0 Å². The zero-order valence-electron chi connectivity index (χ0n) is 15.9. The average molecular weight is 370 g/mol. The van der Waals surface area contributed by atoms with Gasteiger partial charge in [0.2, 0.25) is 0 Å². The lowest BCUT2D eigenvalue weighted by molar-refractivity contribution is 0.0734. The minimum atomic E-state index is -0.472. The zero-order chi connectivity index (χ0) is 19.5. The summed E-state index contributed by atoms with van der Waals surface area (Å²) in [5.41, 5.74) is 1.77. The average Bonchev–Trinajstić information content (AvgIpc) is 2.69. The summed E-state index contributed by atoms with van der Waals surface area (Å²) < 4.78 is 16.0. The summed E-state index contributed by atoms with van der Waals surface area (Å²) in [6.45, 7) is 3.28. The lowest BCUT2D eigenvalue weighted by atomic mass is 10.1. The van der Waals surface area contributed by atoms with Crippen molar-refractivity contribution in [1.82, 2.24) is 0 Å². The molecule has 5 heteroatoms. The Balaban J connectivity index is 1.80. The van der Waals surface area contributed by atoms with E-state index < -0.39 is 5.97 Å². The van der Waals surface area contributed by atoms with E-state index >= 15 is 0 Å². The maximum absolute atomic E-state index is 12.2. The lowest BCUT2D eigenvalue weighted by Crippen LogP contribution is -2.09. The van der Waals surface area contributed by atoms with Crippen LogP contribution >= 0.6 is 0 Å². The first kappa shape index (κ1) is 20.6. The Labute approximate surface area is 160 Å². The Morgan fingerprint density at radius 2 is 1.59 bits per heavy atom. The van der Waals surface area contributed by atoms with Crippen LogP contribution in [-0.2, 0) is 4.74 Å². The third-order valence-corrected chi connectivity index (χ3v) is 4.19. The topological polar surface area (TPSA) is 61.8 Å². The largest absolute Gasteiger partial charge is 0.494 e. The fourth-order valence-corrected chi connectivity index (χ4v) is 2.55. The third kappa shape index (κ3) is 6.87. The molecule has 0 spiro atoms. The molecule has 0 radical (unpaired) electrons. The van der Waals surface area contributed by atoms with E-state index in [0.717, 1.165) is 49.9 Å². The van der Waals surface area contributed by atoms with Gasteiger partial charge < -0.3 is 14.2 Å². The van der Waals surface area contributed by atoms with Crippen LogP contribution in [0.2, 0.25) is 0 Å². The van der Waals surface area contributed by atoms with Crippen molar-refractivity contribution in [1.29, 1.82) is 0 Å². The molecular formula is C22H26O5. The van der Waals surface area contributed by atoms with Gasteiger partial charge in [0.25, 0.3) is 0 Å². The molecule has 0 aliphatic heterocycles. The minimum Gasteiger partial charge on any atom is -0.494 e. The summed E-state index contributed by atoms with van der Waals surface area (Å²) in [6.07, 6.45) is 5.04. The number of unbranched alkanes of at least 4 members (excludes halogenated alkanes) is 3. The molecule has 0 amide bonds. The summed E-state index contributed by atoms with van der Waals surface area (Å²) in [5.74, 6) is 0.601. The van der Waals surface area contributed by atoms with Crippen LogP contribution in [0, 0.1) is 6.92 Å².